The third-order valence-electron chi connectivity index (χ3n) is 3.52. The molecule has 1 fully saturated rings. The maximum atomic E-state index is 11.9. The second kappa shape index (κ2) is 6.71. The number of amides is 1. The topological polar surface area (TPSA) is 72.7 Å². The van der Waals surface area contributed by atoms with Gasteiger partial charge in [-0.1, -0.05) is 42.8 Å². The summed E-state index contributed by atoms with van der Waals surface area (Å²) in [6, 6.07) is 9.82. The third kappa shape index (κ3) is 3.60. The number of tetrazole rings is 1. The Morgan fingerprint density at radius 3 is 2.81 bits per heavy atom. The number of rotatable bonds is 5. The fourth-order valence-electron chi connectivity index (χ4n) is 2.51. The first-order valence-electron chi connectivity index (χ1n) is 7.08. The van der Waals surface area contributed by atoms with E-state index in [1.54, 1.807) is 0 Å². The van der Waals surface area contributed by atoms with Gasteiger partial charge in [-0.2, -0.15) is 0 Å². The van der Waals surface area contributed by atoms with E-state index in [9.17, 15) is 4.79 Å². The van der Waals surface area contributed by atoms with E-state index >= 15 is 0 Å². The van der Waals surface area contributed by atoms with Crippen molar-refractivity contribution in [1.29, 1.82) is 0 Å². The van der Waals surface area contributed by atoms with Crippen LogP contribution in [0.1, 0.15) is 31.7 Å². The van der Waals surface area contributed by atoms with Gasteiger partial charge >= 0.3 is 0 Å². The Hall–Kier alpha value is -1.89. The van der Waals surface area contributed by atoms with E-state index in [0.717, 1.165) is 23.7 Å². The molecule has 110 valence electrons. The summed E-state index contributed by atoms with van der Waals surface area (Å²) in [6.07, 6.45) is 4.69. The Morgan fingerprint density at radius 2 is 2.05 bits per heavy atom. The zero-order valence-electron chi connectivity index (χ0n) is 11.6. The van der Waals surface area contributed by atoms with Crippen molar-refractivity contribution in [3.63, 3.8) is 0 Å². The number of nitrogens with one attached hydrogen (secondary N) is 1. The van der Waals surface area contributed by atoms with Gasteiger partial charge in [0.15, 0.2) is 0 Å². The van der Waals surface area contributed by atoms with E-state index in [0.29, 0.717) is 11.8 Å². The van der Waals surface area contributed by atoms with E-state index in [2.05, 4.69) is 20.8 Å². The number of para-hydroxylation sites is 1. The Kier molecular flexibility index (Phi) is 4.49. The lowest BCUT2D eigenvalue weighted by Gasteiger charge is -2.10. The van der Waals surface area contributed by atoms with Crippen LogP contribution in [0.2, 0.25) is 0 Å². The lowest BCUT2D eigenvalue weighted by molar-refractivity contribution is -0.113. The highest BCUT2D eigenvalue weighted by Crippen LogP contribution is 2.31. The Bertz CT molecular complexity index is 594. The number of carbonyl (C=O) groups excluding carboxylic acids is 1. The Balaban J connectivity index is 1.55. The van der Waals surface area contributed by atoms with Crippen LogP contribution in [0.25, 0.3) is 0 Å². The first-order valence-corrected chi connectivity index (χ1v) is 8.07. The number of hydrogen-bond donors (Lipinski definition) is 1. The average molecular weight is 303 g/mol. The molecule has 7 heteroatoms. The van der Waals surface area contributed by atoms with Gasteiger partial charge in [0.1, 0.15) is 0 Å². The van der Waals surface area contributed by atoms with Crippen molar-refractivity contribution in [2.45, 2.75) is 36.9 Å². The van der Waals surface area contributed by atoms with Crippen molar-refractivity contribution in [3.05, 3.63) is 30.3 Å². The summed E-state index contributed by atoms with van der Waals surface area (Å²) < 4.78 is 1.87. The van der Waals surface area contributed by atoms with E-state index < -0.39 is 0 Å². The van der Waals surface area contributed by atoms with E-state index in [1.807, 2.05) is 35.0 Å². The number of carbonyl (C=O) groups is 1. The SMILES string of the molecule is O=C(CSc1nnnn1C1CCCC1)Nc1ccccc1. The van der Waals surface area contributed by atoms with Crippen LogP contribution in [-0.2, 0) is 4.79 Å². The molecule has 1 aromatic carbocycles. The number of hydrogen-bond acceptors (Lipinski definition) is 5. The maximum absolute atomic E-state index is 11.9. The Labute approximate surface area is 127 Å². The van der Waals surface area contributed by atoms with E-state index in [-0.39, 0.29) is 5.91 Å². The Morgan fingerprint density at radius 1 is 1.29 bits per heavy atom. The standard InChI is InChI=1S/C14H17N5OS/c20-13(15-11-6-2-1-3-7-11)10-21-14-16-17-18-19(14)12-8-4-5-9-12/h1-3,6-7,12H,4-5,8-10H2,(H,15,20). The summed E-state index contributed by atoms with van der Waals surface area (Å²) in [6.45, 7) is 0. The van der Waals surface area contributed by atoms with Gasteiger partial charge in [0.2, 0.25) is 11.1 Å². The van der Waals surface area contributed by atoms with Gasteiger partial charge in [-0.3, -0.25) is 4.79 Å². The molecule has 0 saturated heterocycles. The molecule has 3 rings (SSSR count). The number of benzene rings is 1. The van der Waals surface area contributed by atoms with Gasteiger partial charge in [-0.15, -0.1) is 5.10 Å². The molecule has 0 unspecified atom stereocenters. The molecule has 2 aromatic rings. The molecule has 1 saturated carbocycles. The monoisotopic (exact) mass is 303 g/mol. The van der Waals surface area contributed by atoms with Crippen molar-refractivity contribution in [1.82, 2.24) is 20.2 Å². The number of nitrogens with zero attached hydrogens (tertiary/aromatic N) is 4. The minimum atomic E-state index is -0.0489. The minimum Gasteiger partial charge on any atom is -0.325 e. The first-order chi connectivity index (χ1) is 10.3. The van der Waals surface area contributed by atoms with Crippen molar-refractivity contribution in [2.75, 3.05) is 11.1 Å². The number of aromatic nitrogens is 4. The minimum absolute atomic E-state index is 0.0489. The van der Waals surface area contributed by atoms with Crippen LogP contribution < -0.4 is 5.32 Å². The summed E-state index contributed by atoms with van der Waals surface area (Å²) in [7, 11) is 0. The normalized spacial score (nSPS) is 15.2. The summed E-state index contributed by atoms with van der Waals surface area (Å²) in [5.74, 6) is 0.259. The molecule has 1 N–H and O–H groups in total. The third-order valence-corrected chi connectivity index (χ3v) is 4.46. The fraction of sp³-hybridized carbons (Fsp3) is 0.429. The molecule has 21 heavy (non-hydrogen) atoms. The van der Waals surface area contributed by atoms with Crippen LogP contribution in [-0.4, -0.2) is 31.9 Å². The molecule has 0 spiro atoms. The zero-order chi connectivity index (χ0) is 14.5. The highest BCUT2D eigenvalue weighted by atomic mass is 32.2. The molecule has 0 radical (unpaired) electrons. The molecule has 1 aromatic heterocycles. The van der Waals surface area contributed by atoms with Gasteiger partial charge in [0.05, 0.1) is 11.8 Å². The molecule has 1 heterocycles. The van der Waals surface area contributed by atoms with Gasteiger partial charge < -0.3 is 5.32 Å². The van der Waals surface area contributed by atoms with Gasteiger partial charge in [0, 0.05) is 5.69 Å². The molecular formula is C14H17N5OS. The highest BCUT2D eigenvalue weighted by Gasteiger charge is 2.22. The van der Waals surface area contributed by atoms with Gasteiger partial charge in [0.25, 0.3) is 0 Å². The molecule has 1 aliphatic carbocycles. The quantitative estimate of drug-likeness (QED) is 0.859. The molecule has 0 atom stereocenters. The van der Waals surface area contributed by atoms with E-state index in [1.165, 1.54) is 24.6 Å². The second-order valence-electron chi connectivity index (χ2n) is 5.05. The predicted octanol–water partition coefficient (Wildman–Crippen LogP) is 2.52. The summed E-state index contributed by atoms with van der Waals surface area (Å²) in [4.78, 5) is 11.9. The van der Waals surface area contributed by atoms with Crippen molar-refractivity contribution in [2.24, 2.45) is 0 Å². The lowest BCUT2D eigenvalue weighted by atomic mass is 10.3. The highest BCUT2D eigenvalue weighted by molar-refractivity contribution is 7.99. The van der Waals surface area contributed by atoms with Crippen LogP contribution in [0, 0.1) is 0 Å². The summed E-state index contributed by atoms with van der Waals surface area (Å²) >= 11 is 1.38. The predicted molar refractivity (Wildman–Crippen MR) is 81.1 cm³/mol. The molecule has 1 amide bonds. The molecular weight excluding hydrogens is 286 g/mol. The molecule has 6 nitrogen and oxygen atoms in total. The van der Waals surface area contributed by atoms with Crippen molar-refractivity contribution < 1.29 is 4.79 Å². The number of anilines is 1. The maximum Gasteiger partial charge on any atom is 0.234 e. The zero-order valence-corrected chi connectivity index (χ0v) is 12.4. The molecule has 0 bridgehead atoms. The van der Waals surface area contributed by atoms with Crippen LogP contribution >= 0.6 is 11.8 Å². The van der Waals surface area contributed by atoms with Crippen LogP contribution in [0.5, 0.6) is 0 Å². The van der Waals surface area contributed by atoms with Crippen molar-refractivity contribution in [3.8, 4) is 0 Å². The number of thioether (sulfide) groups is 1. The fourth-order valence-corrected chi connectivity index (χ4v) is 3.25. The summed E-state index contributed by atoms with van der Waals surface area (Å²) in [5, 5.41) is 15.4. The molecule has 0 aliphatic heterocycles. The van der Waals surface area contributed by atoms with Crippen LogP contribution in [0.3, 0.4) is 0 Å². The van der Waals surface area contributed by atoms with Crippen LogP contribution in [0.4, 0.5) is 5.69 Å². The largest absolute Gasteiger partial charge is 0.325 e. The summed E-state index contributed by atoms with van der Waals surface area (Å²) in [5.41, 5.74) is 0.804. The van der Waals surface area contributed by atoms with Gasteiger partial charge in [-0.05, 0) is 35.4 Å². The van der Waals surface area contributed by atoms with E-state index in [4.69, 9.17) is 0 Å². The van der Waals surface area contributed by atoms with Crippen molar-refractivity contribution >= 4 is 23.4 Å². The van der Waals surface area contributed by atoms with Crippen LogP contribution in [0.15, 0.2) is 35.5 Å². The second-order valence-corrected chi connectivity index (χ2v) is 5.99. The lowest BCUT2D eigenvalue weighted by Crippen LogP contribution is -2.15. The smallest absolute Gasteiger partial charge is 0.234 e. The van der Waals surface area contributed by atoms with Gasteiger partial charge in [-0.25, -0.2) is 4.68 Å². The average Bonchev–Trinajstić information content (AvgIpc) is 3.17. The molecule has 1 aliphatic rings. The first kappa shape index (κ1) is 14.1.